The number of thioether (sulfide) groups is 1. The van der Waals surface area contributed by atoms with Crippen molar-refractivity contribution in [3.8, 4) is 0 Å². The number of piperazine rings is 1. The number of amides is 1. The summed E-state index contributed by atoms with van der Waals surface area (Å²) < 4.78 is 0. The summed E-state index contributed by atoms with van der Waals surface area (Å²) >= 11 is 1.59. The van der Waals surface area contributed by atoms with Crippen LogP contribution in [0.5, 0.6) is 0 Å². The maximum Gasteiger partial charge on any atom is 0.233 e. The molecule has 122 valence electrons. The summed E-state index contributed by atoms with van der Waals surface area (Å²) in [6.45, 7) is 2.37. The maximum atomic E-state index is 12.6. The van der Waals surface area contributed by atoms with Crippen molar-refractivity contribution in [1.82, 2.24) is 15.2 Å². The van der Waals surface area contributed by atoms with Gasteiger partial charge in [0.15, 0.2) is 0 Å². The first-order chi connectivity index (χ1) is 10.8. The van der Waals surface area contributed by atoms with Gasteiger partial charge in [0, 0.05) is 36.9 Å². The summed E-state index contributed by atoms with van der Waals surface area (Å²) in [5.41, 5.74) is 1.09. The second kappa shape index (κ2) is 8.91. The predicted molar refractivity (Wildman–Crippen MR) is 96.0 cm³/mol. The molecule has 1 saturated heterocycles. The predicted octanol–water partition coefficient (Wildman–Crippen LogP) is 2.77. The molecule has 6 heteroatoms. The van der Waals surface area contributed by atoms with Crippen LogP contribution in [-0.4, -0.2) is 41.2 Å². The highest BCUT2D eigenvalue weighted by atomic mass is 35.5. The quantitative estimate of drug-likeness (QED) is 0.862. The van der Waals surface area contributed by atoms with Gasteiger partial charge in [-0.2, -0.15) is 0 Å². The van der Waals surface area contributed by atoms with Gasteiger partial charge in [-0.3, -0.25) is 9.78 Å². The number of hydrogen-bond acceptors (Lipinski definition) is 4. The molecule has 0 spiro atoms. The standard InChI is InChI=1S/C17H19N3OS.ClH/c21-17(13-22-15-6-2-1-3-7-15)20-10-9-19-12-16(20)14-5-4-8-18-11-14;/h1-8,11,16,19H,9-10,12-13H2;1H. The minimum atomic E-state index is 0. The van der Waals surface area contributed by atoms with Gasteiger partial charge in [0.1, 0.15) is 0 Å². The molecule has 1 aliphatic rings. The average molecular weight is 350 g/mol. The molecule has 1 fully saturated rings. The zero-order chi connectivity index (χ0) is 15.2. The van der Waals surface area contributed by atoms with Crippen molar-refractivity contribution in [3.05, 3.63) is 60.4 Å². The van der Waals surface area contributed by atoms with Crippen LogP contribution in [0, 0.1) is 0 Å². The van der Waals surface area contributed by atoms with Gasteiger partial charge in [-0.25, -0.2) is 0 Å². The van der Waals surface area contributed by atoms with Crippen LogP contribution in [0.15, 0.2) is 59.8 Å². The lowest BCUT2D eigenvalue weighted by Gasteiger charge is -2.36. The zero-order valence-electron chi connectivity index (χ0n) is 12.7. The first-order valence-corrected chi connectivity index (χ1v) is 8.41. The summed E-state index contributed by atoms with van der Waals surface area (Å²) in [5.74, 6) is 0.657. The van der Waals surface area contributed by atoms with Crippen LogP contribution in [0.1, 0.15) is 11.6 Å². The number of carbonyl (C=O) groups is 1. The summed E-state index contributed by atoms with van der Waals surface area (Å²) in [7, 11) is 0. The van der Waals surface area contributed by atoms with Crippen molar-refractivity contribution in [2.75, 3.05) is 25.4 Å². The third kappa shape index (κ3) is 4.70. The van der Waals surface area contributed by atoms with Crippen LogP contribution in [0.2, 0.25) is 0 Å². The van der Waals surface area contributed by atoms with E-state index >= 15 is 0 Å². The third-order valence-corrected chi connectivity index (χ3v) is 4.74. The molecular weight excluding hydrogens is 330 g/mol. The molecule has 3 rings (SSSR count). The van der Waals surface area contributed by atoms with E-state index in [9.17, 15) is 4.79 Å². The molecule has 23 heavy (non-hydrogen) atoms. The van der Waals surface area contributed by atoms with E-state index in [0.717, 1.165) is 30.1 Å². The molecule has 1 N–H and O–H groups in total. The van der Waals surface area contributed by atoms with E-state index in [-0.39, 0.29) is 24.4 Å². The monoisotopic (exact) mass is 349 g/mol. The minimum absolute atomic E-state index is 0. The molecule has 2 aromatic rings. The maximum absolute atomic E-state index is 12.6. The van der Waals surface area contributed by atoms with E-state index in [1.807, 2.05) is 53.6 Å². The van der Waals surface area contributed by atoms with Gasteiger partial charge in [0.05, 0.1) is 11.8 Å². The molecule has 1 aromatic heterocycles. The smallest absolute Gasteiger partial charge is 0.233 e. The van der Waals surface area contributed by atoms with Crippen LogP contribution in [0.25, 0.3) is 0 Å². The molecule has 0 bridgehead atoms. The lowest BCUT2D eigenvalue weighted by molar-refractivity contribution is -0.131. The van der Waals surface area contributed by atoms with Crippen molar-refractivity contribution >= 4 is 30.1 Å². The van der Waals surface area contributed by atoms with Gasteiger partial charge in [0.2, 0.25) is 5.91 Å². The first-order valence-electron chi connectivity index (χ1n) is 7.42. The Bertz CT molecular complexity index is 612. The van der Waals surface area contributed by atoms with Crippen LogP contribution in [0.4, 0.5) is 0 Å². The van der Waals surface area contributed by atoms with E-state index in [4.69, 9.17) is 0 Å². The number of pyridine rings is 1. The molecule has 1 atom stereocenters. The van der Waals surface area contributed by atoms with E-state index in [2.05, 4.69) is 10.3 Å². The highest BCUT2D eigenvalue weighted by Gasteiger charge is 2.27. The van der Waals surface area contributed by atoms with Crippen LogP contribution < -0.4 is 5.32 Å². The Labute approximate surface area is 147 Å². The minimum Gasteiger partial charge on any atom is -0.332 e. The van der Waals surface area contributed by atoms with Crippen molar-refractivity contribution < 1.29 is 4.79 Å². The fourth-order valence-electron chi connectivity index (χ4n) is 2.62. The SMILES string of the molecule is Cl.O=C(CSc1ccccc1)N1CCNCC1c1cccnc1. The molecule has 1 aromatic carbocycles. The van der Waals surface area contributed by atoms with Gasteiger partial charge in [-0.15, -0.1) is 24.2 Å². The molecule has 0 saturated carbocycles. The summed E-state index contributed by atoms with van der Waals surface area (Å²) in [6.07, 6.45) is 3.61. The second-order valence-corrected chi connectivity index (χ2v) is 6.24. The summed E-state index contributed by atoms with van der Waals surface area (Å²) in [5, 5.41) is 3.36. The van der Waals surface area contributed by atoms with Gasteiger partial charge in [0.25, 0.3) is 0 Å². The van der Waals surface area contributed by atoms with Crippen molar-refractivity contribution in [2.45, 2.75) is 10.9 Å². The Kier molecular flexibility index (Phi) is 6.89. The van der Waals surface area contributed by atoms with E-state index in [1.54, 1.807) is 18.0 Å². The van der Waals surface area contributed by atoms with Gasteiger partial charge >= 0.3 is 0 Å². The zero-order valence-corrected chi connectivity index (χ0v) is 14.4. The number of halogens is 1. The van der Waals surface area contributed by atoms with Crippen molar-refractivity contribution in [3.63, 3.8) is 0 Å². The number of aromatic nitrogens is 1. The summed E-state index contributed by atoms with van der Waals surface area (Å²) in [4.78, 5) is 19.9. The highest BCUT2D eigenvalue weighted by Crippen LogP contribution is 2.24. The van der Waals surface area contributed by atoms with Gasteiger partial charge in [-0.05, 0) is 23.8 Å². The number of carbonyl (C=O) groups excluding carboxylic acids is 1. The Morgan fingerprint density at radius 1 is 1.26 bits per heavy atom. The molecule has 0 aliphatic carbocycles. The normalized spacial score (nSPS) is 17.4. The third-order valence-electron chi connectivity index (χ3n) is 3.74. The largest absolute Gasteiger partial charge is 0.332 e. The summed E-state index contributed by atoms with van der Waals surface area (Å²) in [6, 6.07) is 14.1. The lowest BCUT2D eigenvalue weighted by atomic mass is 10.1. The van der Waals surface area contributed by atoms with Gasteiger partial charge in [-0.1, -0.05) is 24.3 Å². The Morgan fingerprint density at radius 3 is 2.83 bits per heavy atom. The second-order valence-electron chi connectivity index (χ2n) is 5.20. The number of nitrogens with one attached hydrogen (secondary N) is 1. The molecular formula is C17H20ClN3OS. The molecule has 1 amide bonds. The van der Waals surface area contributed by atoms with Crippen LogP contribution in [-0.2, 0) is 4.79 Å². The highest BCUT2D eigenvalue weighted by molar-refractivity contribution is 8.00. The van der Waals surface area contributed by atoms with Gasteiger partial charge < -0.3 is 10.2 Å². The van der Waals surface area contributed by atoms with E-state index in [0.29, 0.717) is 5.75 Å². The lowest BCUT2D eigenvalue weighted by Crippen LogP contribution is -2.49. The number of nitrogens with zero attached hydrogens (tertiary/aromatic N) is 2. The topological polar surface area (TPSA) is 45.2 Å². The first kappa shape index (κ1) is 17.8. The molecule has 1 unspecified atom stereocenters. The van der Waals surface area contributed by atoms with E-state index < -0.39 is 0 Å². The molecule has 4 nitrogen and oxygen atoms in total. The molecule has 0 radical (unpaired) electrons. The van der Waals surface area contributed by atoms with Crippen molar-refractivity contribution in [2.24, 2.45) is 0 Å². The van der Waals surface area contributed by atoms with E-state index in [1.165, 1.54) is 0 Å². The Morgan fingerprint density at radius 2 is 2.09 bits per heavy atom. The number of hydrogen-bond donors (Lipinski definition) is 1. The molecule has 2 heterocycles. The van der Waals surface area contributed by atoms with Crippen LogP contribution in [0.3, 0.4) is 0 Å². The van der Waals surface area contributed by atoms with Crippen LogP contribution >= 0.6 is 24.2 Å². The van der Waals surface area contributed by atoms with Crippen molar-refractivity contribution in [1.29, 1.82) is 0 Å². The molecule has 1 aliphatic heterocycles. The fraction of sp³-hybridized carbons (Fsp3) is 0.294. The Hall–Kier alpha value is -1.56. The number of rotatable bonds is 4. The number of benzene rings is 1. The fourth-order valence-corrected chi connectivity index (χ4v) is 3.42. The average Bonchev–Trinajstić information content (AvgIpc) is 2.61. The Balaban J connectivity index is 0.00000192.